The molecule has 0 aliphatic carbocycles. The molecule has 6 heteroatoms. The average Bonchev–Trinajstić information content (AvgIpc) is 1.68. The molecule has 1 N–H and O–H groups in total. The van der Waals surface area contributed by atoms with Crippen LogP contribution in [0.5, 0.6) is 0 Å². The number of amides is 1. The lowest BCUT2D eigenvalue weighted by molar-refractivity contribution is -0.111. The molecule has 0 bridgehead atoms. The van der Waals surface area contributed by atoms with Crippen LogP contribution < -0.4 is 0 Å². The van der Waals surface area contributed by atoms with E-state index in [1.54, 1.807) is 0 Å². The predicted octanol–water partition coefficient (Wildman–Crippen LogP) is 0.283. The van der Waals surface area contributed by atoms with Gasteiger partial charge in [0, 0.05) is 4.91 Å². The molecule has 0 unspecified atom stereocenters. The van der Waals surface area contributed by atoms with E-state index < -0.39 is 5.91 Å². The van der Waals surface area contributed by atoms with E-state index >= 15 is 0 Å². The Balaban J connectivity index is 3.84. The Hall–Kier alpha value is -1.55. The molecule has 0 saturated heterocycles. The summed E-state index contributed by atoms with van der Waals surface area (Å²) < 4.78 is 0. The molecule has 42 valence electrons. The number of azide groups is 1. The highest BCUT2D eigenvalue weighted by molar-refractivity contribution is 6.26. The second kappa shape index (κ2) is 3.63. The second-order valence-electron chi connectivity index (χ2n) is 0.772. The maximum Gasteiger partial charge on any atom is 0.263 e. The van der Waals surface area contributed by atoms with Crippen LogP contribution in [0.3, 0.4) is 0 Å². The van der Waals surface area contributed by atoms with E-state index in [2.05, 4.69) is 15.2 Å². The monoisotopic (exact) mass is 114 g/mol. The van der Waals surface area contributed by atoms with Gasteiger partial charge in [0.15, 0.2) is 0 Å². The molecule has 6 nitrogen and oxygen atoms in total. The minimum atomic E-state index is -0.921. The third kappa shape index (κ3) is 2.67. The van der Waals surface area contributed by atoms with Crippen molar-refractivity contribution >= 4 is 12.1 Å². The molecule has 0 aliphatic heterocycles. The van der Waals surface area contributed by atoms with Crippen LogP contribution >= 0.6 is 0 Å². The van der Waals surface area contributed by atoms with Gasteiger partial charge in [-0.05, 0) is 10.6 Å². The maximum atomic E-state index is 9.91. The fraction of sp³-hybridized carbons (Fsp3) is 0. The van der Waals surface area contributed by atoms with Gasteiger partial charge in [0.2, 0.25) is 0 Å². The van der Waals surface area contributed by atoms with Crippen LogP contribution in [0.15, 0.2) is 10.3 Å². The number of oxime groups is 1. The van der Waals surface area contributed by atoms with Crippen LogP contribution in [0.1, 0.15) is 0 Å². The summed E-state index contributed by atoms with van der Waals surface area (Å²) in [5.74, 6) is -0.921. The number of hydrogen-bond donors (Lipinski definition) is 1. The molecule has 0 aromatic carbocycles. The molecular formula is C2H2N4O2. The maximum absolute atomic E-state index is 9.91. The van der Waals surface area contributed by atoms with Gasteiger partial charge in [0.05, 0.1) is 0 Å². The lowest BCUT2D eigenvalue weighted by Gasteiger charge is -1.69. The lowest BCUT2D eigenvalue weighted by Crippen LogP contribution is -1.90. The Morgan fingerprint density at radius 1 is 1.88 bits per heavy atom. The first-order valence-corrected chi connectivity index (χ1v) is 1.57. The summed E-state index contributed by atoms with van der Waals surface area (Å²) in [4.78, 5) is 12.0. The number of carbonyl (C=O) groups excluding carboxylic acids is 1. The number of nitrogens with zero attached hydrogens (tertiary/aromatic N) is 4. The molecule has 0 saturated carbocycles. The summed E-state index contributed by atoms with van der Waals surface area (Å²) in [7, 11) is 0. The van der Waals surface area contributed by atoms with Crippen molar-refractivity contribution in [1.82, 2.24) is 0 Å². The Morgan fingerprint density at radius 2 is 2.50 bits per heavy atom. The Kier molecular flexibility index (Phi) is 2.93. The first kappa shape index (κ1) is 6.45. The van der Waals surface area contributed by atoms with Crippen LogP contribution in [0.25, 0.3) is 10.4 Å². The zero-order chi connectivity index (χ0) is 6.41. The minimum Gasteiger partial charge on any atom is -0.411 e. The molecule has 1 amide bonds. The first-order chi connectivity index (χ1) is 3.81. The molecule has 0 rings (SSSR count). The number of rotatable bonds is 1. The van der Waals surface area contributed by atoms with Crippen molar-refractivity contribution in [1.29, 1.82) is 0 Å². The summed E-state index contributed by atoms with van der Waals surface area (Å²) in [5.41, 5.74) is 7.56. The summed E-state index contributed by atoms with van der Waals surface area (Å²) in [6, 6.07) is 0. The molecule has 0 heterocycles. The predicted molar refractivity (Wildman–Crippen MR) is 24.4 cm³/mol. The van der Waals surface area contributed by atoms with E-state index in [9.17, 15) is 4.79 Å². The molecule has 8 heavy (non-hydrogen) atoms. The normalized spacial score (nSPS) is 8.50. The van der Waals surface area contributed by atoms with Gasteiger partial charge >= 0.3 is 0 Å². The summed E-state index contributed by atoms with van der Waals surface area (Å²) in [5, 5.41) is 12.5. The number of hydrogen-bond acceptors (Lipinski definition) is 3. The Morgan fingerprint density at radius 3 is 2.88 bits per heavy atom. The van der Waals surface area contributed by atoms with Gasteiger partial charge in [0.25, 0.3) is 5.91 Å². The van der Waals surface area contributed by atoms with E-state index in [0.29, 0.717) is 6.21 Å². The highest BCUT2D eigenvalue weighted by atomic mass is 16.4. The molecule has 0 radical (unpaired) electrons. The van der Waals surface area contributed by atoms with Crippen molar-refractivity contribution < 1.29 is 10.0 Å². The molecule has 0 fully saturated rings. The van der Waals surface area contributed by atoms with Gasteiger partial charge in [-0.25, -0.2) is 0 Å². The molecule has 0 aliphatic rings. The smallest absolute Gasteiger partial charge is 0.263 e. The second-order valence-corrected chi connectivity index (χ2v) is 0.772. The topological polar surface area (TPSA) is 98.4 Å². The SMILES string of the molecule is [N-]=[N+]=NC(=O)/C=N/O. The van der Waals surface area contributed by atoms with E-state index in [1.165, 1.54) is 0 Å². The van der Waals surface area contributed by atoms with Gasteiger partial charge in [-0.1, -0.05) is 5.16 Å². The zero-order valence-electron chi connectivity index (χ0n) is 3.72. The van der Waals surface area contributed by atoms with Crippen LogP contribution in [0.2, 0.25) is 0 Å². The van der Waals surface area contributed by atoms with Crippen LogP contribution in [0, 0.1) is 0 Å². The van der Waals surface area contributed by atoms with Gasteiger partial charge in [0.1, 0.15) is 6.21 Å². The third-order valence-electron chi connectivity index (χ3n) is 0.311. The highest BCUT2D eigenvalue weighted by Crippen LogP contribution is 1.68. The van der Waals surface area contributed by atoms with Gasteiger partial charge < -0.3 is 5.21 Å². The quantitative estimate of drug-likeness (QED) is 0.132. The molecule has 0 aromatic rings. The standard InChI is InChI=1S/C2H2N4O2/c3-6-5-2(7)1-4-8/h1,8H/b4-1+. The first-order valence-electron chi connectivity index (χ1n) is 1.57. The van der Waals surface area contributed by atoms with E-state index in [1.807, 2.05) is 0 Å². The fourth-order valence-corrected chi connectivity index (χ4v) is 0.119. The Labute approximate surface area is 44.0 Å². The highest BCUT2D eigenvalue weighted by Gasteiger charge is 1.86. The number of carbonyl (C=O) groups is 1. The van der Waals surface area contributed by atoms with Crippen molar-refractivity contribution in [3.8, 4) is 0 Å². The largest absolute Gasteiger partial charge is 0.411 e. The fourth-order valence-electron chi connectivity index (χ4n) is 0.119. The van der Waals surface area contributed by atoms with E-state index in [0.717, 1.165) is 0 Å². The van der Waals surface area contributed by atoms with Crippen molar-refractivity contribution in [2.75, 3.05) is 0 Å². The lowest BCUT2D eigenvalue weighted by atomic mass is 10.7. The molecular weight excluding hydrogens is 112 g/mol. The van der Waals surface area contributed by atoms with E-state index in [-0.39, 0.29) is 0 Å². The van der Waals surface area contributed by atoms with Crippen LogP contribution in [0.4, 0.5) is 0 Å². The van der Waals surface area contributed by atoms with Crippen LogP contribution in [-0.4, -0.2) is 17.3 Å². The Bertz CT molecular complexity index is 155. The van der Waals surface area contributed by atoms with Crippen molar-refractivity contribution in [3.05, 3.63) is 10.4 Å². The minimum absolute atomic E-state index is 0.500. The summed E-state index contributed by atoms with van der Waals surface area (Å²) >= 11 is 0. The van der Waals surface area contributed by atoms with Gasteiger partial charge in [-0.15, -0.1) is 0 Å². The van der Waals surface area contributed by atoms with Gasteiger partial charge in [-0.2, -0.15) is 0 Å². The van der Waals surface area contributed by atoms with Crippen LogP contribution in [-0.2, 0) is 4.79 Å². The molecule has 0 atom stereocenters. The van der Waals surface area contributed by atoms with Gasteiger partial charge in [-0.3, -0.25) is 4.79 Å². The molecule has 0 spiro atoms. The zero-order valence-corrected chi connectivity index (χ0v) is 3.72. The molecule has 0 aromatic heterocycles. The van der Waals surface area contributed by atoms with Crippen molar-refractivity contribution in [2.45, 2.75) is 0 Å². The summed E-state index contributed by atoms with van der Waals surface area (Å²) in [6.45, 7) is 0. The third-order valence-corrected chi connectivity index (χ3v) is 0.311. The summed E-state index contributed by atoms with van der Waals surface area (Å²) in [6.07, 6.45) is 0.500. The average molecular weight is 114 g/mol. The van der Waals surface area contributed by atoms with E-state index in [4.69, 9.17) is 10.7 Å². The van der Waals surface area contributed by atoms with Crippen molar-refractivity contribution in [2.24, 2.45) is 10.3 Å². The van der Waals surface area contributed by atoms with Crippen molar-refractivity contribution in [3.63, 3.8) is 0 Å².